The van der Waals surface area contributed by atoms with Crippen LogP contribution in [-0.2, 0) is 14.4 Å². The first kappa shape index (κ1) is 21.7. The Kier molecular flexibility index (Phi) is 4.68. The van der Waals surface area contributed by atoms with Crippen LogP contribution in [0.1, 0.15) is 73.6 Å². The molecule has 0 spiro atoms. The Morgan fingerprint density at radius 2 is 1.87 bits per heavy atom. The SMILES string of the molecule is CC(C)CC(=O)[C@@]1(O)[C@H](C)C[C@H]2[C@@H]3CCC4=CC(=O)C=C[C@]4(C)[C@@]3(C)C(=O)C[C@@]21C. The van der Waals surface area contributed by atoms with Gasteiger partial charge < -0.3 is 5.11 Å². The molecule has 0 aromatic heterocycles. The first-order chi connectivity index (χ1) is 13.8. The van der Waals surface area contributed by atoms with Crippen molar-refractivity contribution in [2.75, 3.05) is 0 Å². The summed E-state index contributed by atoms with van der Waals surface area (Å²) >= 11 is 0. The Morgan fingerprint density at radius 3 is 2.50 bits per heavy atom. The van der Waals surface area contributed by atoms with Gasteiger partial charge in [-0.3, -0.25) is 14.4 Å². The van der Waals surface area contributed by atoms with Gasteiger partial charge in [-0.25, -0.2) is 0 Å². The molecule has 0 aromatic carbocycles. The molecule has 0 radical (unpaired) electrons. The monoisotopic (exact) mass is 412 g/mol. The zero-order valence-electron chi connectivity index (χ0n) is 19.2. The molecule has 0 heterocycles. The number of ketones is 3. The predicted octanol–water partition coefficient (Wildman–Crippen LogP) is 4.46. The zero-order chi connectivity index (χ0) is 22.3. The lowest BCUT2D eigenvalue weighted by atomic mass is 9.40. The molecule has 0 amide bonds. The van der Waals surface area contributed by atoms with E-state index in [1.54, 1.807) is 12.2 Å². The first-order valence-electron chi connectivity index (χ1n) is 11.6. The molecule has 4 heteroatoms. The summed E-state index contributed by atoms with van der Waals surface area (Å²) in [6.07, 6.45) is 8.23. The fourth-order valence-electron chi connectivity index (χ4n) is 7.82. The smallest absolute Gasteiger partial charge is 0.178 e. The minimum Gasteiger partial charge on any atom is -0.381 e. The molecular formula is C26H36O4. The molecule has 4 aliphatic rings. The normalized spacial score (nSPS) is 47.6. The molecule has 3 fully saturated rings. The van der Waals surface area contributed by atoms with E-state index in [-0.39, 0.29) is 47.4 Å². The lowest BCUT2D eigenvalue weighted by Crippen LogP contribution is -2.65. The Balaban J connectivity index is 1.81. The number of hydrogen-bond acceptors (Lipinski definition) is 4. The van der Waals surface area contributed by atoms with Crippen molar-refractivity contribution in [1.82, 2.24) is 0 Å². The minimum atomic E-state index is -1.45. The van der Waals surface area contributed by atoms with Gasteiger partial charge in [0, 0.05) is 29.1 Å². The summed E-state index contributed by atoms with van der Waals surface area (Å²) in [5, 5.41) is 11.9. The average Bonchev–Trinajstić information content (AvgIpc) is 2.85. The fraction of sp³-hybridized carbons (Fsp3) is 0.731. The molecule has 30 heavy (non-hydrogen) atoms. The van der Waals surface area contributed by atoms with Crippen molar-refractivity contribution >= 4 is 17.3 Å². The Bertz CT molecular complexity index is 881. The molecule has 0 unspecified atom stereocenters. The van der Waals surface area contributed by atoms with Crippen LogP contribution in [0.25, 0.3) is 0 Å². The van der Waals surface area contributed by atoms with Gasteiger partial charge in [-0.1, -0.05) is 53.2 Å². The van der Waals surface area contributed by atoms with Crippen LogP contribution in [-0.4, -0.2) is 28.1 Å². The van der Waals surface area contributed by atoms with Crippen molar-refractivity contribution < 1.29 is 19.5 Å². The lowest BCUT2D eigenvalue weighted by molar-refractivity contribution is -0.181. The number of carbonyl (C=O) groups excluding carboxylic acids is 3. The fourth-order valence-corrected chi connectivity index (χ4v) is 7.82. The van der Waals surface area contributed by atoms with E-state index in [1.807, 2.05) is 33.8 Å². The number of hydrogen-bond donors (Lipinski definition) is 1. The number of aliphatic hydroxyl groups is 1. The summed E-state index contributed by atoms with van der Waals surface area (Å²) in [6, 6.07) is 0. The Labute approximate surface area is 180 Å². The molecule has 1 N–H and O–H groups in total. The molecular weight excluding hydrogens is 376 g/mol. The number of carbonyl (C=O) groups is 3. The molecule has 0 saturated heterocycles. The number of fused-ring (bicyclic) bond motifs is 5. The van der Waals surface area contributed by atoms with Gasteiger partial charge in [-0.2, -0.15) is 0 Å². The lowest BCUT2D eigenvalue weighted by Gasteiger charge is -2.62. The van der Waals surface area contributed by atoms with Crippen molar-refractivity contribution in [2.24, 2.45) is 39.9 Å². The number of Topliss-reactive ketones (excluding diaryl/α,β-unsaturated/α-hetero) is 2. The second-order valence-electron chi connectivity index (χ2n) is 11.5. The van der Waals surface area contributed by atoms with Crippen LogP contribution in [0.4, 0.5) is 0 Å². The highest BCUT2D eigenvalue weighted by Gasteiger charge is 2.73. The van der Waals surface area contributed by atoms with Crippen molar-refractivity contribution in [2.45, 2.75) is 79.2 Å². The van der Waals surface area contributed by atoms with E-state index in [1.165, 1.54) is 0 Å². The van der Waals surface area contributed by atoms with E-state index >= 15 is 0 Å². The van der Waals surface area contributed by atoms with Crippen LogP contribution in [0.2, 0.25) is 0 Å². The van der Waals surface area contributed by atoms with Crippen LogP contribution in [0, 0.1) is 39.9 Å². The van der Waals surface area contributed by atoms with Gasteiger partial charge in [0.25, 0.3) is 0 Å². The highest BCUT2D eigenvalue weighted by molar-refractivity contribution is 6.02. The van der Waals surface area contributed by atoms with Crippen LogP contribution in [0.15, 0.2) is 23.8 Å². The maximum absolute atomic E-state index is 13.9. The highest BCUT2D eigenvalue weighted by Crippen LogP contribution is 2.71. The van der Waals surface area contributed by atoms with Crippen molar-refractivity contribution in [3.05, 3.63) is 23.8 Å². The molecule has 3 saturated carbocycles. The van der Waals surface area contributed by atoms with Gasteiger partial charge in [-0.05, 0) is 55.1 Å². The highest BCUT2D eigenvalue weighted by atomic mass is 16.3. The van der Waals surface area contributed by atoms with E-state index in [2.05, 4.69) is 13.8 Å². The molecule has 4 nitrogen and oxygen atoms in total. The quantitative estimate of drug-likeness (QED) is 0.743. The molecule has 0 aromatic rings. The molecule has 0 bridgehead atoms. The predicted molar refractivity (Wildman–Crippen MR) is 116 cm³/mol. The maximum Gasteiger partial charge on any atom is 0.178 e. The molecule has 164 valence electrons. The number of rotatable bonds is 3. The number of allylic oxidation sites excluding steroid dienone is 4. The largest absolute Gasteiger partial charge is 0.381 e. The summed E-state index contributed by atoms with van der Waals surface area (Å²) in [7, 11) is 0. The standard InChI is InChI=1S/C26H36O4/c1-15(2)11-21(28)26(30)16(3)12-20-19-8-7-17-13-18(27)9-10-23(17,4)25(19,6)22(29)14-24(20,26)5/h9-10,13,15-16,19-20,30H,7-8,11-12,14H2,1-6H3/t16-,19+,20+,23+,24+,25-,26+/m1/s1. The van der Waals surface area contributed by atoms with Crippen molar-refractivity contribution in [3.63, 3.8) is 0 Å². The molecule has 0 aliphatic heterocycles. The van der Waals surface area contributed by atoms with Gasteiger partial charge >= 0.3 is 0 Å². The molecule has 4 rings (SSSR count). The summed E-state index contributed by atoms with van der Waals surface area (Å²) in [5.41, 5.74) is -2.22. The Morgan fingerprint density at radius 1 is 1.20 bits per heavy atom. The van der Waals surface area contributed by atoms with E-state index in [4.69, 9.17) is 0 Å². The minimum absolute atomic E-state index is 0.000711. The van der Waals surface area contributed by atoms with Crippen LogP contribution < -0.4 is 0 Å². The van der Waals surface area contributed by atoms with E-state index in [9.17, 15) is 19.5 Å². The topological polar surface area (TPSA) is 71.4 Å². The van der Waals surface area contributed by atoms with Crippen LogP contribution in [0.5, 0.6) is 0 Å². The van der Waals surface area contributed by atoms with Gasteiger partial charge in [-0.15, -0.1) is 0 Å². The Hall–Kier alpha value is -1.55. The zero-order valence-corrected chi connectivity index (χ0v) is 19.2. The van der Waals surface area contributed by atoms with Gasteiger partial charge in [0.05, 0.1) is 0 Å². The summed E-state index contributed by atoms with van der Waals surface area (Å²) in [6.45, 7) is 12.1. The second kappa shape index (κ2) is 6.48. The summed E-state index contributed by atoms with van der Waals surface area (Å²) < 4.78 is 0. The maximum atomic E-state index is 13.9. The van der Waals surface area contributed by atoms with Crippen molar-refractivity contribution in [1.29, 1.82) is 0 Å². The third kappa shape index (κ3) is 2.40. The van der Waals surface area contributed by atoms with Crippen LogP contribution >= 0.6 is 0 Å². The molecule has 4 aliphatic carbocycles. The average molecular weight is 413 g/mol. The summed E-state index contributed by atoms with van der Waals surface area (Å²) in [4.78, 5) is 39.2. The third-order valence-corrected chi connectivity index (χ3v) is 9.73. The van der Waals surface area contributed by atoms with E-state index in [0.29, 0.717) is 6.42 Å². The molecule has 7 atom stereocenters. The van der Waals surface area contributed by atoms with Gasteiger partial charge in [0.1, 0.15) is 11.4 Å². The second-order valence-corrected chi connectivity index (χ2v) is 11.5. The summed E-state index contributed by atoms with van der Waals surface area (Å²) in [5.74, 6) is 0.239. The van der Waals surface area contributed by atoms with Crippen LogP contribution in [0.3, 0.4) is 0 Å². The van der Waals surface area contributed by atoms with E-state index in [0.717, 1.165) is 24.8 Å². The third-order valence-electron chi connectivity index (χ3n) is 9.73. The first-order valence-corrected chi connectivity index (χ1v) is 11.6. The van der Waals surface area contributed by atoms with Gasteiger partial charge in [0.2, 0.25) is 0 Å². The van der Waals surface area contributed by atoms with Gasteiger partial charge in [0.15, 0.2) is 11.6 Å². The van der Waals surface area contributed by atoms with E-state index < -0.39 is 21.8 Å². The van der Waals surface area contributed by atoms with Crippen molar-refractivity contribution in [3.8, 4) is 0 Å².